The van der Waals surface area contributed by atoms with Crippen molar-refractivity contribution in [3.63, 3.8) is 0 Å². The molecule has 3 N–H and O–H groups in total. The summed E-state index contributed by atoms with van der Waals surface area (Å²) >= 11 is 0. The first-order chi connectivity index (χ1) is 7.13. The van der Waals surface area contributed by atoms with Gasteiger partial charge in [-0.15, -0.1) is 0 Å². The molecule has 2 nitrogen and oxygen atoms in total. The van der Waals surface area contributed by atoms with E-state index in [-0.39, 0.29) is 0 Å². The van der Waals surface area contributed by atoms with E-state index in [2.05, 4.69) is 44.0 Å². The lowest BCUT2D eigenvalue weighted by Crippen LogP contribution is -2.09. The lowest BCUT2D eigenvalue weighted by Gasteiger charge is -2.09. The number of hydrogen-bond donors (Lipinski definition) is 2. The second-order valence-electron chi connectivity index (χ2n) is 4.35. The normalized spacial score (nSPS) is 13.3. The minimum Gasteiger partial charge on any atom is -0.358 e. The van der Waals surface area contributed by atoms with Gasteiger partial charge in [-0.2, -0.15) is 0 Å². The molecule has 2 rings (SSSR count). The van der Waals surface area contributed by atoms with Crippen LogP contribution >= 0.6 is 0 Å². The van der Waals surface area contributed by atoms with Crippen molar-refractivity contribution in [3.05, 3.63) is 35.0 Å². The van der Waals surface area contributed by atoms with E-state index in [0.717, 1.165) is 0 Å². The van der Waals surface area contributed by atoms with Gasteiger partial charge in [0.05, 0.1) is 0 Å². The number of aromatic amines is 1. The number of aromatic nitrogens is 1. The molecule has 1 heterocycles. The Morgan fingerprint density at radius 1 is 1.33 bits per heavy atom. The maximum Gasteiger partial charge on any atom is 0.0459 e. The fraction of sp³-hybridized carbons (Fsp3) is 0.385. The number of nitrogens with two attached hydrogens (primary N) is 1. The third kappa shape index (κ3) is 1.65. The molecule has 2 aromatic rings. The van der Waals surface area contributed by atoms with E-state index in [0.29, 0.717) is 12.5 Å². The van der Waals surface area contributed by atoms with E-state index < -0.39 is 0 Å². The van der Waals surface area contributed by atoms with Gasteiger partial charge in [0.25, 0.3) is 0 Å². The van der Waals surface area contributed by atoms with Gasteiger partial charge in [-0.3, -0.25) is 0 Å². The summed E-state index contributed by atoms with van der Waals surface area (Å²) in [5.74, 6) is 0.417. The fourth-order valence-electron chi connectivity index (χ4n) is 2.21. The molecule has 0 bridgehead atoms. The summed E-state index contributed by atoms with van der Waals surface area (Å²) in [6.07, 6.45) is 0. The molecule has 1 atom stereocenters. The van der Waals surface area contributed by atoms with Crippen molar-refractivity contribution in [2.24, 2.45) is 5.73 Å². The van der Waals surface area contributed by atoms with E-state index in [1.54, 1.807) is 0 Å². The van der Waals surface area contributed by atoms with Gasteiger partial charge in [0.2, 0.25) is 0 Å². The topological polar surface area (TPSA) is 41.8 Å². The van der Waals surface area contributed by atoms with Crippen LogP contribution in [0.25, 0.3) is 10.9 Å². The van der Waals surface area contributed by atoms with E-state index in [1.165, 1.54) is 27.7 Å². The third-order valence-electron chi connectivity index (χ3n) is 3.04. The van der Waals surface area contributed by atoms with E-state index in [4.69, 9.17) is 5.73 Å². The highest BCUT2D eigenvalue weighted by atomic mass is 14.7. The van der Waals surface area contributed by atoms with Crippen LogP contribution in [0, 0.1) is 13.8 Å². The molecule has 0 aliphatic rings. The molecule has 0 saturated carbocycles. The molecule has 0 amide bonds. The Kier molecular flexibility index (Phi) is 2.53. The third-order valence-corrected chi connectivity index (χ3v) is 3.04. The predicted molar refractivity (Wildman–Crippen MR) is 65.2 cm³/mol. The highest BCUT2D eigenvalue weighted by molar-refractivity contribution is 5.85. The first kappa shape index (κ1) is 10.2. The van der Waals surface area contributed by atoms with Crippen LogP contribution < -0.4 is 5.73 Å². The number of benzene rings is 1. The zero-order valence-electron chi connectivity index (χ0n) is 9.59. The molecule has 1 unspecified atom stereocenters. The van der Waals surface area contributed by atoms with Gasteiger partial charge in [-0.1, -0.05) is 18.6 Å². The van der Waals surface area contributed by atoms with Gasteiger partial charge < -0.3 is 10.7 Å². The van der Waals surface area contributed by atoms with Crippen molar-refractivity contribution in [2.45, 2.75) is 26.7 Å². The SMILES string of the molecule is Cc1ccc2[nH]c(C)c(C(C)CN)c2c1. The summed E-state index contributed by atoms with van der Waals surface area (Å²) < 4.78 is 0. The van der Waals surface area contributed by atoms with Crippen LogP contribution in [0.5, 0.6) is 0 Å². The van der Waals surface area contributed by atoms with Crippen LogP contribution in [0.2, 0.25) is 0 Å². The van der Waals surface area contributed by atoms with Crippen LogP contribution in [0.4, 0.5) is 0 Å². The molecular formula is C13H18N2. The fourth-order valence-corrected chi connectivity index (χ4v) is 2.21. The molecule has 80 valence electrons. The van der Waals surface area contributed by atoms with Crippen molar-refractivity contribution in [1.29, 1.82) is 0 Å². The first-order valence-corrected chi connectivity index (χ1v) is 5.42. The first-order valence-electron chi connectivity index (χ1n) is 5.42. The summed E-state index contributed by atoms with van der Waals surface area (Å²) in [7, 11) is 0. The lowest BCUT2D eigenvalue weighted by molar-refractivity contribution is 0.773. The average molecular weight is 202 g/mol. The molecule has 1 aromatic heterocycles. The smallest absolute Gasteiger partial charge is 0.0459 e. The second kappa shape index (κ2) is 3.70. The second-order valence-corrected chi connectivity index (χ2v) is 4.35. The molecule has 0 radical (unpaired) electrons. The predicted octanol–water partition coefficient (Wildman–Crippen LogP) is 2.85. The Balaban J connectivity index is 2.70. The van der Waals surface area contributed by atoms with Gasteiger partial charge in [0.15, 0.2) is 0 Å². The van der Waals surface area contributed by atoms with Gasteiger partial charge in [0, 0.05) is 16.6 Å². The molecule has 15 heavy (non-hydrogen) atoms. The van der Waals surface area contributed by atoms with Gasteiger partial charge >= 0.3 is 0 Å². The van der Waals surface area contributed by atoms with Gasteiger partial charge in [-0.25, -0.2) is 0 Å². The molecule has 0 fully saturated rings. The van der Waals surface area contributed by atoms with Crippen LogP contribution in [-0.2, 0) is 0 Å². The van der Waals surface area contributed by atoms with Crippen LogP contribution in [0.1, 0.15) is 29.7 Å². The number of aryl methyl sites for hydroxylation is 2. The van der Waals surface area contributed by atoms with E-state index in [9.17, 15) is 0 Å². The van der Waals surface area contributed by atoms with Gasteiger partial charge in [-0.05, 0) is 44.0 Å². The van der Waals surface area contributed by atoms with Crippen molar-refractivity contribution < 1.29 is 0 Å². The summed E-state index contributed by atoms with van der Waals surface area (Å²) in [5.41, 5.74) is 10.9. The van der Waals surface area contributed by atoms with E-state index in [1.807, 2.05) is 0 Å². The van der Waals surface area contributed by atoms with Crippen LogP contribution in [0.15, 0.2) is 18.2 Å². The minimum absolute atomic E-state index is 0.417. The number of hydrogen-bond acceptors (Lipinski definition) is 1. The zero-order chi connectivity index (χ0) is 11.0. The van der Waals surface area contributed by atoms with Gasteiger partial charge in [0.1, 0.15) is 0 Å². The molecule has 0 saturated heterocycles. The van der Waals surface area contributed by atoms with Crippen molar-refractivity contribution in [2.75, 3.05) is 6.54 Å². The number of nitrogens with one attached hydrogen (secondary N) is 1. The highest BCUT2D eigenvalue weighted by Gasteiger charge is 2.13. The summed E-state index contributed by atoms with van der Waals surface area (Å²) in [6, 6.07) is 6.51. The van der Waals surface area contributed by atoms with Crippen LogP contribution in [-0.4, -0.2) is 11.5 Å². The standard InChI is InChI=1S/C13H18N2/c1-8-4-5-12-11(6-8)13(9(2)7-14)10(3)15-12/h4-6,9,15H,7,14H2,1-3H3. The molecule has 0 aliphatic heterocycles. The minimum atomic E-state index is 0.417. The maximum atomic E-state index is 5.75. The Bertz CT molecular complexity index is 482. The summed E-state index contributed by atoms with van der Waals surface area (Å²) in [6.45, 7) is 7.12. The molecule has 0 aliphatic carbocycles. The van der Waals surface area contributed by atoms with E-state index >= 15 is 0 Å². The number of rotatable bonds is 2. The lowest BCUT2D eigenvalue weighted by atomic mass is 9.97. The number of H-pyrrole nitrogens is 1. The number of fused-ring (bicyclic) bond motifs is 1. The maximum absolute atomic E-state index is 5.75. The molecule has 2 heteroatoms. The summed E-state index contributed by atoms with van der Waals surface area (Å²) in [4.78, 5) is 3.41. The quantitative estimate of drug-likeness (QED) is 0.772. The van der Waals surface area contributed by atoms with Crippen molar-refractivity contribution in [1.82, 2.24) is 4.98 Å². The average Bonchev–Trinajstić information content (AvgIpc) is 2.52. The molecule has 0 spiro atoms. The zero-order valence-corrected chi connectivity index (χ0v) is 9.59. The Morgan fingerprint density at radius 3 is 2.73 bits per heavy atom. The summed E-state index contributed by atoms with van der Waals surface area (Å²) in [5, 5.41) is 1.32. The highest BCUT2D eigenvalue weighted by Crippen LogP contribution is 2.29. The van der Waals surface area contributed by atoms with Crippen molar-refractivity contribution in [3.8, 4) is 0 Å². The van der Waals surface area contributed by atoms with Crippen LogP contribution in [0.3, 0.4) is 0 Å². The largest absolute Gasteiger partial charge is 0.358 e. The Morgan fingerprint density at radius 2 is 2.07 bits per heavy atom. The molecular weight excluding hydrogens is 184 g/mol. The Hall–Kier alpha value is -1.28. The monoisotopic (exact) mass is 202 g/mol. The Labute approximate surface area is 90.5 Å². The molecule has 1 aromatic carbocycles. The van der Waals surface area contributed by atoms with Crippen molar-refractivity contribution >= 4 is 10.9 Å².